The zero-order valence-corrected chi connectivity index (χ0v) is 12.3. The van der Waals surface area contributed by atoms with E-state index in [0.29, 0.717) is 6.07 Å². The molecular formula is C15H9F4N3O3. The zero-order valence-electron chi connectivity index (χ0n) is 12.3. The Labute approximate surface area is 137 Å². The second kappa shape index (κ2) is 6.04. The van der Waals surface area contributed by atoms with Gasteiger partial charge < -0.3 is 9.52 Å². The molecule has 0 spiro atoms. The van der Waals surface area contributed by atoms with E-state index in [9.17, 15) is 22.4 Å². The fourth-order valence-electron chi connectivity index (χ4n) is 2.15. The number of nitrogens with zero attached hydrogens (tertiary/aromatic N) is 3. The van der Waals surface area contributed by atoms with E-state index < -0.39 is 29.1 Å². The van der Waals surface area contributed by atoms with Crippen molar-refractivity contribution in [3.63, 3.8) is 0 Å². The van der Waals surface area contributed by atoms with Gasteiger partial charge in [0.25, 0.3) is 0 Å². The van der Waals surface area contributed by atoms with Crippen molar-refractivity contribution >= 4 is 5.97 Å². The van der Waals surface area contributed by atoms with Gasteiger partial charge in [0, 0.05) is 6.20 Å². The maximum absolute atomic E-state index is 14.1. The molecule has 0 saturated carbocycles. The van der Waals surface area contributed by atoms with Gasteiger partial charge in [-0.3, -0.25) is 4.68 Å². The van der Waals surface area contributed by atoms with Crippen LogP contribution >= 0.6 is 0 Å². The van der Waals surface area contributed by atoms with Gasteiger partial charge in [0.2, 0.25) is 5.89 Å². The Morgan fingerprint density at radius 3 is 2.72 bits per heavy atom. The largest absolute Gasteiger partial charge is 0.478 e. The average Bonchev–Trinajstić information content (AvgIpc) is 3.16. The van der Waals surface area contributed by atoms with Gasteiger partial charge in [-0.1, -0.05) is 6.07 Å². The van der Waals surface area contributed by atoms with Gasteiger partial charge in [0.05, 0.1) is 29.4 Å². The molecule has 0 fully saturated rings. The molecule has 1 aromatic carbocycles. The van der Waals surface area contributed by atoms with Crippen LogP contribution in [0.2, 0.25) is 0 Å². The minimum Gasteiger partial charge on any atom is -0.478 e. The highest BCUT2D eigenvalue weighted by molar-refractivity contribution is 5.86. The molecule has 0 amide bonds. The predicted octanol–water partition coefficient (Wildman–Crippen LogP) is 3.44. The fraction of sp³-hybridized carbons (Fsp3) is 0.133. The molecule has 0 aliphatic heterocycles. The number of halogens is 4. The Bertz CT molecular complexity index is 930. The van der Waals surface area contributed by atoms with Crippen LogP contribution in [0.5, 0.6) is 0 Å². The third kappa shape index (κ3) is 3.37. The summed E-state index contributed by atoms with van der Waals surface area (Å²) in [7, 11) is 0. The summed E-state index contributed by atoms with van der Waals surface area (Å²) in [6.45, 7) is 0.0113. The zero-order chi connectivity index (χ0) is 18.2. The molecule has 10 heteroatoms. The molecule has 0 bridgehead atoms. The number of carboxylic acids is 1. The molecule has 0 aliphatic carbocycles. The van der Waals surface area contributed by atoms with Crippen LogP contribution in [0.3, 0.4) is 0 Å². The van der Waals surface area contributed by atoms with Crippen LogP contribution in [-0.4, -0.2) is 25.8 Å². The Morgan fingerprint density at radius 2 is 2.08 bits per heavy atom. The Kier molecular flexibility index (Phi) is 4.03. The fourth-order valence-corrected chi connectivity index (χ4v) is 2.15. The molecule has 130 valence electrons. The number of aromatic nitrogens is 3. The summed E-state index contributed by atoms with van der Waals surface area (Å²) in [6.07, 6.45) is -1.31. The third-order valence-corrected chi connectivity index (χ3v) is 3.29. The normalized spacial score (nSPS) is 11.7. The first-order valence-electron chi connectivity index (χ1n) is 6.82. The SMILES string of the molecule is O=C(O)c1cnn(Cc2coc(-c3cccc(C(F)(F)F)c3F)n2)c1. The minimum atomic E-state index is -4.84. The average molecular weight is 355 g/mol. The van der Waals surface area contributed by atoms with E-state index in [2.05, 4.69) is 10.1 Å². The Hall–Kier alpha value is -3.17. The number of hydrogen-bond donors (Lipinski definition) is 1. The van der Waals surface area contributed by atoms with Crippen molar-refractivity contribution in [1.29, 1.82) is 0 Å². The van der Waals surface area contributed by atoms with Gasteiger partial charge in [0.1, 0.15) is 17.8 Å². The van der Waals surface area contributed by atoms with Gasteiger partial charge in [-0.25, -0.2) is 14.2 Å². The third-order valence-electron chi connectivity index (χ3n) is 3.29. The molecule has 6 nitrogen and oxygen atoms in total. The van der Waals surface area contributed by atoms with Crippen molar-refractivity contribution in [2.75, 3.05) is 0 Å². The topological polar surface area (TPSA) is 81.1 Å². The van der Waals surface area contributed by atoms with Crippen molar-refractivity contribution in [3.05, 3.63) is 59.5 Å². The quantitative estimate of drug-likeness (QED) is 0.725. The lowest BCUT2D eigenvalue weighted by molar-refractivity contribution is -0.139. The molecule has 2 heterocycles. The van der Waals surface area contributed by atoms with E-state index in [4.69, 9.17) is 9.52 Å². The number of aromatic carboxylic acids is 1. The lowest BCUT2D eigenvalue weighted by Gasteiger charge is -2.09. The van der Waals surface area contributed by atoms with Gasteiger partial charge in [-0.2, -0.15) is 18.3 Å². The van der Waals surface area contributed by atoms with Crippen LogP contribution in [0, 0.1) is 5.82 Å². The maximum Gasteiger partial charge on any atom is 0.419 e. The molecule has 25 heavy (non-hydrogen) atoms. The van der Waals surface area contributed by atoms with Crippen molar-refractivity contribution in [3.8, 4) is 11.5 Å². The summed E-state index contributed by atoms with van der Waals surface area (Å²) < 4.78 is 58.6. The molecule has 0 aliphatic rings. The molecule has 0 saturated heterocycles. The summed E-state index contributed by atoms with van der Waals surface area (Å²) >= 11 is 0. The number of oxazole rings is 1. The summed E-state index contributed by atoms with van der Waals surface area (Å²) in [5, 5.41) is 12.6. The highest BCUT2D eigenvalue weighted by Gasteiger charge is 2.35. The molecule has 3 aromatic rings. The van der Waals surface area contributed by atoms with Gasteiger partial charge in [-0.15, -0.1) is 0 Å². The molecular weight excluding hydrogens is 346 g/mol. The van der Waals surface area contributed by atoms with Crippen LogP contribution in [0.15, 0.2) is 41.3 Å². The van der Waals surface area contributed by atoms with Gasteiger partial charge in [0.15, 0.2) is 0 Å². The second-order valence-electron chi connectivity index (χ2n) is 5.04. The number of rotatable bonds is 4. The minimum absolute atomic E-state index is 0.0113. The highest BCUT2D eigenvalue weighted by Crippen LogP contribution is 2.35. The number of hydrogen-bond acceptors (Lipinski definition) is 4. The first-order valence-corrected chi connectivity index (χ1v) is 6.82. The number of alkyl halides is 3. The lowest BCUT2D eigenvalue weighted by Crippen LogP contribution is -2.08. The van der Waals surface area contributed by atoms with Crippen molar-refractivity contribution in [2.45, 2.75) is 12.7 Å². The molecule has 3 rings (SSSR count). The first kappa shape index (κ1) is 16.7. The first-order chi connectivity index (χ1) is 11.8. The standard InChI is InChI=1S/C15H9F4N3O3/c16-12-10(2-1-3-11(12)15(17,18)19)13-21-9(7-25-13)6-22-5-8(4-20-22)14(23)24/h1-5,7H,6H2,(H,23,24). The van der Waals surface area contributed by atoms with E-state index >= 15 is 0 Å². The van der Waals surface area contributed by atoms with Crippen LogP contribution in [0.25, 0.3) is 11.5 Å². The number of carbonyl (C=O) groups is 1. The van der Waals surface area contributed by atoms with Gasteiger partial charge >= 0.3 is 12.1 Å². The highest BCUT2D eigenvalue weighted by atomic mass is 19.4. The van der Waals surface area contributed by atoms with Crippen LogP contribution in [0.4, 0.5) is 17.6 Å². The van der Waals surface area contributed by atoms with Crippen molar-refractivity contribution in [2.24, 2.45) is 0 Å². The maximum atomic E-state index is 14.1. The second-order valence-corrected chi connectivity index (χ2v) is 5.04. The Balaban J connectivity index is 1.88. The van der Waals surface area contributed by atoms with Crippen LogP contribution < -0.4 is 0 Å². The van der Waals surface area contributed by atoms with E-state index in [0.717, 1.165) is 24.6 Å². The summed E-state index contributed by atoms with van der Waals surface area (Å²) in [5.41, 5.74) is -1.63. The lowest BCUT2D eigenvalue weighted by atomic mass is 10.1. The van der Waals surface area contributed by atoms with Gasteiger partial charge in [-0.05, 0) is 12.1 Å². The molecule has 0 radical (unpaired) electrons. The smallest absolute Gasteiger partial charge is 0.419 e. The van der Waals surface area contributed by atoms with Crippen LogP contribution in [0.1, 0.15) is 21.6 Å². The molecule has 2 aromatic heterocycles. The number of benzene rings is 1. The Morgan fingerprint density at radius 1 is 1.32 bits per heavy atom. The van der Waals surface area contributed by atoms with Crippen molar-refractivity contribution < 1.29 is 31.9 Å². The number of carboxylic acid groups (broad SMARTS) is 1. The molecule has 0 unspecified atom stereocenters. The van der Waals surface area contributed by atoms with E-state index in [-0.39, 0.29) is 23.7 Å². The summed E-state index contributed by atoms with van der Waals surface area (Å²) in [5.74, 6) is -2.95. The monoisotopic (exact) mass is 355 g/mol. The summed E-state index contributed by atoms with van der Waals surface area (Å²) in [6, 6.07) is 2.80. The molecule has 1 N–H and O–H groups in total. The molecule has 0 atom stereocenters. The predicted molar refractivity (Wildman–Crippen MR) is 75.2 cm³/mol. The van der Waals surface area contributed by atoms with Crippen LogP contribution in [-0.2, 0) is 12.7 Å². The van der Waals surface area contributed by atoms with E-state index in [1.54, 1.807) is 0 Å². The van der Waals surface area contributed by atoms with E-state index in [1.807, 2.05) is 0 Å². The van der Waals surface area contributed by atoms with E-state index in [1.165, 1.54) is 10.9 Å². The van der Waals surface area contributed by atoms with Crippen molar-refractivity contribution in [1.82, 2.24) is 14.8 Å². The summed E-state index contributed by atoms with van der Waals surface area (Å²) in [4.78, 5) is 14.7.